The van der Waals surface area contributed by atoms with Gasteiger partial charge in [0.25, 0.3) is 0 Å². The van der Waals surface area contributed by atoms with Gasteiger partial charge in [0.05, 0.1) is 13.0 Å². The lowest BCUT2D eigenvalue weighted by molar-refractivity contribution is -0.274. The number of aromatic nitrogens is 1. The molecule has 0 saturated heterocycles. The van der Waals surface area contributed by atoms with Crippen LogP contribution in [0.25, 0.3) is 0 Å². The Kier molecular flexibility index (Phi) is 5.43. The molecule has 1 aromatic heterocycles. The first-order chi connectivity index (χ1) is 10.9. The maximum Gasteiger partial charge on any atom is 0.573 e. The molecule has 0 radical (unpaired) electrons. The highest BCUT2D eigenvalue weighted by molar-refractivity contribution is 7.15. The third-order valence-corrected chi connectivity index (χ3v) is 3.43. The van der Waals surface area contributed by atoms with E-state index in [0.717, 1.165) is 4.88 Å². The van der Waals surface area contributed by atoms with Gasteiger partial charge in [-0.25, -0.2) is 4.98 Å². The van der Waals surface area contributed by atoms with E-state index in [1.54, 1.807) is 13.1 Å². The molecule has 0 spiro atoms. The van der Waals surface area contributed by atoms with Crippen molar-refractivity contribution in [2.45, 2.75) is 19.7 Å². The molecule has 0 aliphatic rings. The van der Waals surface area contributed by atoms with E-state index in [9.17, 15) is 18.0 Å². The molecule has 1 aromatic carbocycles. The zero-order chi connectivity index (χ0) is 16.9. The Morgan fingerprint density at radius 2 is 2.00 bits per heavy atom. The summed E-state index contributed by atoms with van der Waals surface area (Å²) in [6.45, 7) is 2.04. The number of carbonyl (C=O) groups excluding carboxylic acids is 1. The van der Waals surface area contributed by atoms with Gasteiger partial charge in [-0.3, -0.25) is 4.79 Å². The van der Waals surface area contributed by atoms with Crippen LogP contribution in [0, 0.1) is 0 Å². The number of rotatable bonds is 6. The van der Waals surface area contributed by atoms with E-state index >= 15 is 0 Å². The molecule has 2 rings (SSSR count). The van der Waals surface area contributed by atoms with Gasteiger partial charge in [-0.1, -0.05) is 0 Å². The van der Waals surface area contributed by atoms with Crippen molar-refractivity contribution in [3.63, 3.8) is 0 Å². The van der Waals surface area contributed by atoms with Crippen molar-refractivity contribution >= 4 is 28.1 Å². The molecule has 0 bridgehead atoms. The lowest BCUT2D eigenvalue weighted by atomic mass is 10.3. The second-order valence-electron chi connectivity index (χ2n) is 4.31. The minimum absolute atomic E-state index is 0.131. The summed E-state index contributed by atoms with van der Waals surface area (Å²) in [6.07, 6.45) is -3.04. The summed E-state index contributed by atoms with van der Waals surface area (Å²) in [7, 11) is 0. The first kappa shape index (κ1) is 17.1. The number of hydrogen-bond donors (Lipinski definition) is 1. The number of nitrogens with zero attached hydrogens (tertiary/aromatic N) is 1. The number of carbonyl (C=O) groups is 1. The van der Waals surface area contributed by atoms with E-state index in [0.29, 0.717) is 17.4 Å². The fourth-order valence-corrected chi connectivity index (χ4v) is 2.48. The van der Waals surface area contributed by atoms with Crippen LogP contribution in [0.5, 0.6) is 5.75 Å². The fourth-order valence-electron chi connectivity index (χ4n) is 1.66. The Hall–Kier alpha value is -2.29. The molecule has 9 heteroatoms. The molecule has 0 aliphatic heterocycles. The summed E-state index contributed by atoms with van der Waals surface area (Å²) in [5.74, 6) is -0.637. The number of hydrogen-bond acceptors (Lipinski definition) is 6. The second-order valence-corrected chi connectivity index (χ2v) is 5.43. The number of thiazole rings is 1. The molecule has 0 atom stereocenters. The highest BCUT2D eigenvalue weighted by Crippen LogP contribution is 2.27. The number of nitrogens with one attached hydrogen (secondary N) is 1. The van der Waals surface area contributed by atoms with Crippen LogP contribution < -0.4 is 10.1 Å². The summed E-state index contributed by atoms with van der Waals surface area (Å²) in [4.78, 5) is 16.2. The van der Waals surface area contributed by atoms with Crippen molar-refractivity contribution in [1.82, 2.24) is 4.98 Å². The lowest BCUT2D eigenvalue weighted by Gasteiger charge is -2.09. The normalized spacial score (nSPS) is 11.1. The molecule has 1 heterocycles. The summed E-state index contributed by atoms with van der Waals surface area (Å²) in [5, 5.41) is 3.46. The molecule has 2 aromatic rings. The Morgan fingerprint density at radius 3 is 2.61 bits per heavy atom. The standard InChI is InChI=1S/C14H13F3N2O3S/c1-2-21-12(20)7-11-8-18-13(23-11)19-9-3-5-10(6-4-9)22-14(15,16)17/h3-6,8H,2,7H2,1H3,(H,18,19). The Bertz CT molecular complexity index is 656. The topological polar surface area (TPSA) is 60.5 Å². The number of anilines is 2. The molecule has 0 fully saturated rings. The van der Waals surface area contributed by atoms with E-state index < -0.39 is 6.36 Å². The highest BCUT2D eigenvalue weighted by Gasteiger charge is 2.30. The van der Waals surface area contributed by atoms with Crippen molar-refractivity contribution in [2.24, 2.45) is 0 Å². The molecular weight excluding hydrogens is 333 g/mol. The number of benzene rings is 1. The Labute approximate surface area is 134 Å². The van der Waals surface area contributed by atoms with Crippen LogP contribution in [-0.2, 0) is 16.0 Å². The Balaban J connectivity index is 1.94. The zero-order valence-electron chi connectivity index (χ0n) is 12.0. The molecule has 0 saturated carbocycles. The quantitative estimate of drug-likeness (QED) is 0.804. The molecule has 1 N–H and O–H groups in total. The first-order valence-electron chi connectivity index (χ1n) is 6.59. The van der Waals surface area contributed by atoms with Crippen LogP contribution in [0.2, 0.25) is 0 Å². The average molecular weight is 346 g/mol. The van der Waals surface area contributed by atoms with E-state index in [-0.39, 0.29) is 18.1 Å². The summed E-state index contributed by atoms with van der Waals surface area (Å²) in [6, 6.07) is 5.27. The first-order valence-corrected chi connectivity index (χ1v) is 7.40. The largest absolute Gasteiger partial charge is 0.573 e. The van der Waals surface area contributed by atoms with Crippen molar-refractivity contribution in [3.8, 4) is 5.75 Å². The van der Waals surface area contributed by atoms with E-state index in [2.05, 4.69) is 15.0 Å². The van der Waals surface area contributed by atoms with E-state index in [1.165, 1.54) is 35.6 Å². The number of esters is 1. The van der Waals surface area contributed by atoms with Gasteiger partial charge in [0.2, 0.25) is 0 Å². The minimum Gasteiger partial charge on any atom is -0.466 e. The minimum atomic E-state index is -4.72. The monoisotopic (exact) mass is 346 g/mol. The Morgan fingerprint density at radius 1 is 1.30 bits per heavy atom. The van der Waals surface area contributed by atoms with Crippen LogP contribution in [-0.4, -0.2) is 23.9 Å². The molecule has 5 nitrogen and oxygen atoms in total. The third-order valence-electron chi connectivity index (χ3n) is 2.52. The van der Waals surface area contributed by atoms with Gasteiger partial charge in [-0.05, 0) is 31.2 Å². The number of ether oxygens (including phenoxy) is 2. The van der Waals surface area contributed by atoms with Crippen LogP contribution in [0.15, 0.2) is 30.5 Å². The van der Waals surface area contributed by atoms with Crippen molar-refractivity contribution in [1.29, 1.82) is 0 Å². The molecular formula is C14H13F3N2O3S. The summed E-state index contributed by atoms with van der Waals surface area (Å²) >= 11 is 1.26. The van der Waals surface area contributed by atoms with Crippen LogP contribution in [0.3, 0.4) is 0 Å². The molecule has 0 unspecified atom stereocenters. The maximum absolute atomic E-state index is 12.1. The molecule has 124 valence electrons. The summed E-state index contributed by atoms with van der Waals surface area (Å²) < 4.78 is 44.8. The third kappa shape index (κ3) is 5.78. The van der Waals surface area contributed by atoms with Gasteiger partial charge >= 0.3 is 12.3 Å². The van der Waals surface area contributed by atoms with Gasteiger partial charge in [0.1, 0.15) is 5.75 Å². The molecule has 0 aliphatic carbocycles. The van der Waals surface area contributed by atoms with Crippen molar-refractivity contribution in [2.75, 3.05) is 11.9 Å². The van der Waals surface area contributed by atoms with Gasteiger partial charge in [-0.15, -0.1) is 24.5 Å². The van der Waals surface area contributed by atoms with Crippen molar-refractivity contribution < 1.29 is 27.4 Å². The number of alkyl halides is 3. The van der Waals surface area contributed by atoms with Crippen LogP contribution in [0.4, 0.5) is 24.0 Å². The van der Waals surface area contributed by atoms with Gasteiger partial charge in [0, 0.05) is 16.8 Å². The highest BCUT2D eigenvalue weighted by atomic mass is 32.1. The van der Waals surface area contributed by atoms with Gasteiger partial charge in [0.15, 0.2) is 5.13 Å². The predicted octanol–water partition coefficient (Wildman–Crippen LogP) is 3.89. The zero-order valence-corrected chi connectivity index (χ0v) is 12.8. The predicted molar refractivity (Wildman–Crippen MR) is 78.9 cm³/mol. The maximum atomic E-state index is 12.1. The van der Waals surface area contributed by atoms with Gasteiger partial charge in [-0.2, -0.15) is 0 Å². The summed E-state index contributed by atoms with van der Waals surface area (Å²) in [5.41, 5.74) is 0.552. The SMILES string of the molecule is CCOC(=O)Cc1cnc(Nc2ccc(OC(F)(F)F)cc2)s1. The molecule has 23 heavy (non-hydrogen) atoms. The van der Waals surface area contributed by atoms with Crippen molar-refractivity contribution in [3.05, 3.63) is 35.3 Å². The van der Waals surface area contributed by atoms with E-state index in [1.807, 2.05) is 0 Å². The van der Waals surface area contributed by atoms with Gasteiger partial charge < -0.3 is 14.8 Å². The van der Waals surface area contributed by atoms with E-state index in [4.69, 9.17) is 4.74 Å². The molecule has 0 amide bonds. The second kappa shape index (κ2) is 7.32. The lowest BCUT2D eigenvalue weighted by Crippen LogP contribution is -2.16. The fraction of sp³-hybridized carbons (Fsp3) is 0.286. The average Bonchev–Trinajstić information content (AvgIpc) is 2.87. The van der Waals surface area contributed by atoms with Crippen LogP contribution in [0.1, 0.15) is 11.8 Å². The smallest absolute Gasteiger partial charge is 0.466 e. The van der Waals surface area contributed by atoms with Crippen LogP contribution >= 0.6 is 11.3 Å². The number of halogens is 3.